The first-order valence-corrected chi connectivity index (χ1v) is 6.37. The number of halogens is 1. The van der Waals surface area contributed by atoms with Crippen LogP contribution in [0.3, 0.4) is 0 Å². The predicted octanol–water partition coefficient (Wildman–Crippen LogP) is 5.17. The predicted molar refractivity (Wildman–Crippen MR) is 73.0 cm³/mol. The molecule has 1 radical (unpaired) electrons. The average Bonchev–Trinajstić information content (AvgIpc) is 2.43. The molecule has 1 aliphatic rings. The molecule has 1 aliphatic carbocycles. The molecular formula is C15H22Cl. The van der Waals surface area contributed by atoms with E-state index in [1.165, 1.54) is 56.9 Å². The fourth-order valence-corrected chi connectivity index (χ4v) is 2.47. The molecule has 0 aliphatic heterocycles. The van der Waals surface area contributed by atoms with Crippen LogP contribution in [0.5, 0.6) is 0 Å². The van der Waals surface area contributed by atoms with Gasteiger partial charge in [0.05, 0.1) is 0 Å². The molecule has 0 saturated heterocycles. The van der Waals surface area contributed by atoms with E-state index in [4.69, 9.17) is 0 Å². The summed E-state index contributed by atoms with van der Waals surface area (Å²) in [5, 5.41) is 0. The van der Waals surface area contributed by atoms with E-state index in [2.05, 4.69) is 30.3 Å². The van der Waals surface area contributed by atoms with E-state index in [1.54, 1.807) is 5.92 Å². The van der Waals surface area contributed by atoms with Gasteiger partial charge in [-0.25, -0.2) is 0 Å². The van der Waals surface area contributed by atoms with Crippen LogP contribution in [0, 0.1) is 5.92 Å². The van der Waals surface area contributed by atoms with Crippen molar-refractivity contribution in [3.05, 3.63) is 41.8 Å². The normalized spacial score (nSPS) is 19.0. The molecule has 1 aromatic carbocycles. The van der Waals surface area contributed by atoms with E-state index in [0.717, 1.165) is 0 Å². The second kappa shape index (κ2) is 7.73. The van der Waals surface area contributed by atoms with Gasteiger partial charge in [-0.2, -0.15) is 0 Å². The van der Waals surface area contributed by atoms with Gasteiger partial charge >= 0.3 is 0 Å². The number of rotatable bonds is 1. The molecule has 0 unspecified atom stereocenters. The van der Waals surface area contributed by atoms with Crippen molar-refractivity contribution in [2.75, 3.05) is 0 Å². The highest BCUT2D eigenvalue weighted by atomic mass is 35.5. The standard InChI is InChI=1S/C15H21.ClH/c1-2-4-7-11-14(10-6-3-1)15-12-8-5-9-13-15;/h5,8-9,12-13H,1-4,6-7,10-11H2;1H. The molecule has 0 bridgehead atoms. The third-order valence-corrected chi connectivity index (χ3v) is 3.39. The smallest absolute Gasteiger partial charge is 0.00498 e. The summed E-state index contributed by atoms with van der Waals surface area (Å²) in [6.45, 7) is 0. The lowest BCUT2D eigenvalue weighted by Crippen LogP contribution is -1.99. The SMILES string of the molecule is Cl.c1ccc([C]2CCCCCCCC2)cc1. The highest BCUT2D eigenvalue weighted by Crippen LogP contribution is 2.28. The third kappa shape index (κ3) is 4.17. The minimum Gasteiger partial charge on any atom is -0.147 e. The summed E-state index contributed by atoms with van der Waals surface area (Å²) in [6, 6.07) is 11.0. The Morgan fingerprint density at radius 2 is 1.12 bits per heavy atom. The van der Waals surface area contributed by atoms with E-state index >= 15 is 0 Å². The monoisotopic (exact) mass is 237 g/mol. The van der Waals surface area contributed by atoms with E-state index in [9.17, 15) is 0 Å². The zero-order valence-electron chi connectivity index (χ0n) is 9.95. The number of hydrogen-bond acceptors (Lipinski definition) is 0. The summed E-state index contributed by atoms with van der Waals surface area (Å²) in [7, 11) is 0. The Balaban J connectivity index is 0.00000128. The Labute approximate surface area is 106 Å². The molecule has 0 aromatic heterocycles. The van der Waals surface area contributed by atoms with Gasteiger partial charge in [0.15, 0.2) is 0 Å². The van der Waals surface area contributed by atoms with Crippen LogP contribution < -0.4 is 0 Å². The fourth-order valence-electron chi connectivity index (χ4n) is 2.47. The van der Waals surface area contributed by atoms with Crippen LogP contribution in [0.2, 0.25) is 0 Å². The van der Waals surface area contributed by atoms with Crippen molar-refractivity contribution in [1.82, 2.24) is 0 Å². The zero-order chi connectivity index (χ0) is 10.3. The lowest BCUT2D eigenvalue weighted by atomic mass is 9.90. The van der Waals surface area contributed by atoms with Gasteiger partial charge in [0.1, 0.15) is 0 Å². The lowest BCUT2D eigenvalue weighted by Gasteiger charge is -2.15. The first kappa shape index (κ1) is 13.6. The second-order valence-corrected chi connectivity index (χ2v) is 4.59. The molecule has 0 heterocycles. The average molecular weight is 238 g/mol. The van der Waals surface area contributed by atoms with Gasteiger partial charge in [0, 0.05) is 5.92 Å². The summed E-state index contributed by atoms with van der Waals surface area (Å²) in [6.07, 6.45) is 11.2. The molecule has 1 heteroatoms. The molecule has 0 nitrogen and oxygen atoms in total. The first-order valence-electron chi connectivity index (χ1n) is 6.37. The van der Waals surface area contributed by atoms with Crippen molar-refractivity contribution >= 4 is 12.4 Å². The molecule has 1 fully saturated rings. The molecule has 0 amide bonds. The third-order valence-electron chi connectivity index (χ3n) is 3.39. The maximum absolute atomic E-state index is 2.27. The van der Waals surface area contributed by atoms with E-state index in [0.29, 0.717) is 0 Å². The van der Waals surface area contributed by atoms with Gasteiger partial charge in [0.25, 0.3) is 0 Å². The minimum absolute atomic E-state index is 0. The maximum Gasteiger partial charge on any atom is 0.00498 e. The lowest BCUT2D eigenvalue weighted by molar-refractivity contribution is 0.624. The Hall–Kier alpha value is -0.490. The molecular weight excluding hydrogens is 216 g/mol. The highest BCUT2D eigenvalue weighted by molar-refractivity contribution is 5.85. The van der Waals surface area contributed by atoms with Gasteiger partial charge in [0.2, 0.25) is 0 Å². The van der Waals surface area contributed by atoms with Crippen LogP contribution in [-0.4, -0.2) is 0 Å². The Kier molecular flexibility index (Phi) is 6.56. The van der Waals surface area contributed by atoms with Crippen molar-refractivity contribution in [3.8, 4) is 0 Å². The summed E-state index contributed by atoms with van der Waals surface area (Å²) < 4.78 is 0. The number of hydrogen-bond donors (Lipinski definition) is 0. The topological polar surface area (TPSA) is 0 Å². The van der Waals surface area contributed by atoms with Crippen molar-refractivity contribution in [2.45, 2.75) is 51.4 Å². The van der Waals surface area contributed by atoms with Crippen LogP contribution in [0.4, 0.5) is 0 Å². The number of benzene rings is 1. The zero-order valence-corrected chi connectivity index (χ0v) is 10.8. The minimum atomic E-state index is 0. The quantitative estimate of drug-likeness (QED) is 0.633. The van der Waals surface area contributed by atoms with Crippen LogP contribution in [0.1, 0.15) is 56.9 Å². The largest absolute Gasteiger partial charge is 0.147 e. The maximum atomic E-state index is 2.27. The van der Waals surface area contributed by atoms with Gasteiger partial charge < -0.3 is 0 Å². The van der Waals surface area contributed by atoms with Crippen LogP contribution in [-0.2, 0) is 0 Å². The first-order chi connectivity index (χ1) is 7.47. The molecule has 0 N–H and O–H groups in total. The van der Waals surface area contributed by atoms with Crippen molar-refractivity contribution in [1.29, 1.82) is 0 Å². The summed E-state index contributed by atoms with van der Waals surface area (Å²) in [5.41, 5.74) is 1.49. The van der Waals surface area contributed by atoms with E-state index < -0.39 is 0 Å². The Morgan fingerprint density at radius 3 is 1.69 bits per heavy atom. The molecule has 16 heavy (non-hydrogen) atoms. The second-order valence-electron chi connectivity index (χ2n) is 4.59. The summed E-state index contributed by atoms with van der Waals surface area (Å²) in [5.74, 6) is 1.69. The van der Waals surface area contributed by atoms with Gasteiger partial charge in [-0.15, -0.1) is 12.4 Å². The van der Waals surface area contributed by atoms with Crippen LogP contribution in [0.25, 0.3) is 0 Å². The van der Waals surface area contributed by atoms with Crippen LogP contribution in [0.15, 0.2) is 30.3 Å². The van der Waals surface area contributed by atoms with Crippen molar-refractivity contribution in [3.63, 3.8) is 0 Å². The Morgan fingerprint density at radius 1 is 0.625 bits per heavy atom. The molecule has 0 spiro atoms. The molecule has 1 aromatic rings. The summed E-state index contributed by atoms with van der Waals surface area (Å²) in [4.78, 5) is 0. The van der Waals surface area contributed by atoms with Crippen molar-refractivity contribution in [2.24, 2.45) is 0 Å². The Bertz CT molecular complexity index is 258. The van der Waals surface area contributed by atoms with Crippen LogP contribution >= 0.6 is 12.4 Å². The molecule has 89 valence electrons. The van der Waals surface area contributed by atoms with Gasteiger partial charge in [-0.3, -0.25) is 0 Å². The van der Waals surface area contributed by atoms with Gasteiger partial charge in [-0.05, 0) is 18.4 Å². The van der Waals surface area contributed by atoms with E-state index in [1.807, 2.05) is 0 Å². The van der Waals surface area contributed by atoms with Crippen molar-refractivity contribution < 1.29 is 0 Å². The molecule has 1 saturated carbocycles. The molecule has 2 rings (SSSR count). The highest BCUT2D eigenvalue weighted by Gasteiger charge is 2.12. The fraction of sp³-hybridized carbons (Fsp3) is 0.533. The summed E-state index contributed by atoms with van der Waals surface area (Å²) >= 11 is 0. The van der Waals surface area contributed by atoms with Gasteiger partial charge in [-0.1, -0.05) is 68.9 Å². The van der Waals surface area contributed by atoms with E-state index in [-0.39, 0.29) is 12.4 Å². The molecule has 0 atom stereocenters.